The Balaban J connectivity index is 1.88. The van der Waals surface area contributed by atoms with Gasteiger partial charge in [-0.2, -0.15) is 0 Å². The van der Waals surface area contributed by atoms with Crippen molar-refractivity contribution in [2.45, 2.75) is 46.1 Å². The van der Waals surface area contributed by atoms with E-state index in [0.29, 0.717) is 5.41 Å². The molecule has 18 heavy (non-hydrogen) atoms. The predicted molar refractivity (Wildman–Crippen MR) is 73.3 cm³/mol. The summed E-state index contributed by atoms with van der Waals surface area (Å²) in [5.74, 6) is 1.08. The first-order valence-corrected chi connectivity index (χ1v) is 7.37. The Morgan fingerprint density at radius 2 is 2.11 bits per heavy atom. The average Bonchev–Trinajstić information content (AvgIpc) is 3.23. The fourth-order valence-electron chi connectivity index (χ4n) is 3.27. The Morgan fingerprint density at radius 3 is 2.61 bits per heavy atom. The normalized spacial score (nSPS) is 21.1. The smallest absolute Gasteiger partial charge is 0.179 e. The highest BCUT2D eigenvalue weighted by atomic mass is 35.5. The molecule has 2 aliphatic carbocycles. The molecule has 0 aliphatic heterocycles. The molecular weight excluding hydrogens is 246 g/mol. The molecule has 0 saturated heterocycles. The van der Waals surface area contributed by atoms with Crippen molar-refractivity contribution in [3.8, 4) is 0 Å². The number of nitrogens with zero attached hydrogens (tertiary/aromatic N) is 1. The van der Waals surface area contributed by atoms with E-state index in [-0.39, 0.29) is 11.7 Å². The molecule has 2 fully saturated rings. The van der Waals surface area contributed by atoms with Crippen LogP contribution in [0, 0.1) is 25.2 Å². The number of hydrogen-bond acceptors (Lipinski definition) is 1. The highest BCUT2D eigenvalue weighted by Gasteiger charge is 2.53. The Hall–Kier alpha value is -0.760. The van der Waals surface area contributed by atoms with Crippen molar-refractivity contribution in [3.63, 3.8) is 0 Å². The molecule has 2 nitrogen and oxygen atoms in total. The number of ketones is 1. The predicted octanol–water partition coefficient (Wildman–Crippen LogP) is 3.72. The molecule has 0 N–H and O–H groups in total. The van der Waals surface area contributed by atoms with Crippen molar-refractivity contribution in [2.24, 2.45) is 11.3 Å². The van der Waals surface area contributed by atoms with Gasteiger partial charge in [-0.25, -0.2) is 0 Å². The van der Waals surface area contributed by atoms with Crippen molar-refractivity contribution in [1.82, 2.24) is 4.57 Å². The van der Waals surface area contributed by atoms with E-state index in [1.807, 2.05) is 6.07 Å². The van der Waals surface area contributed by atoms with Gasteiger partial charge in [-0.3, -0.25) is 4.79 Å². The highest BCUT2D eigenvalue weighted by molar-refractivity contribution is 6.30. The van der Waals surface area contributed by atoms with E-state index >= 15 is 0 Å². The third-order valence-corrected chi connectivity index (χ3v) is 5.05. The van der Waals surface area contributed by atoms with Crippen LogP contribution in [0.3, 0.4) is 0 Å². The van der Waals surface area contributed by atoms with Crippen LogP contribution in [0.1, 0.15) is 47.4 Å². The van der Waals surface area contributed by atoms with E-state index in [4.69, 9.17) is 11.6 Å². The van der Waals surface area contributed by atoms with Crippen molar-refractivity contribution >= 4 is 17.4 Å². The van der Waals surface area contributed by atoms with E-state index in [0.717, 1.165) is 23.7 Å². The van der Waals surface area contributed by atoms with Crippen LogP contribution in [0.2, 0.25) is 0 Å². The van der Waals surface area contributed by atoms with E-state index in [1.54, 1.807) is 0 Å². The molecule has 0 spiro atoms. The van der Waals surface area contributed by atoms with Gasteiger partial charge in [-0.15, -0.1) is 11.6 Å². The van der Waals surface area contributed by atoms with Gasteiger partial charge in [-0.05, 0) is 56.9 Å². The van der Waals surface area contributed by atoms with Crippen LogP contribution in [0.15, 0.2) is 6.07 Å². The molecule has 0 unspecified atom stereocenters. The van der Waals surface area contributed by atoms with Crippen LogP contribution >= 0.6 is 11.6 Å². The van der Waals surface area contributed by atoms with Gasteiger partial charge in [0.2, 0.25) is 0 Å². The molecule has 3 rings (SSSR count). The molecule has 0 bridgehead atoms. The van der Waals surface area contributed by atoms with Crippen molar-refractivity contribution in [1.29, 1.82) is 0 Å². The third-order valence-electron chi connectivity index (χ3n) is 4.80. The van der Waals surface area contributed by atoms with Crippen LogP contribution in [-0.4, -0.2) is 16.2 Å². The van der Waals surface area contributed by atoms with E-state index < -0.39 is 0 Å². The summed E-state index contributed by atoms with van der Waals surface area (Å²) < 4.78 is 2.34. The molecule has 0 radical (unpaired) electrons. The molecular formula is C15H20ClNO. The van der Waals surface area contributed by atoms with Gasteiger partial charge >= 0.3 is 0 Å². The largest absolute Gasteiger partial charge is 0.348 e. The van der Waals surface area contributed by atoms with Crippen LogP contribution in [0.25, 0.3) is 0 Å². The summed E-state index contributed by atoms with van der Waals surface area (Å²) in [5, 5.41) is 0. The first kappa shape index (κ1) is 12.3. The highest BCUT2D eigenvalue weighted by Crippen LogP contribution is 2.62. The number of carbonyl (C=O) groups excluding carboxylic acids is 1. The molecule has 0 atom stereocenters. The second kappa shape index (κ2) is 4.12. The van der Waals surface area contributed by atoms with Gasteiger partial charge in [0.25, 0.3) is 0 Å². The average molecular weight is 266 g/mol. The maximum absolute atomic E-state index is 11.8. The summed E-state index contributed by atoms with van der Waals surface area (Å²) in [6.45, 7) is 5.25. The monoisotopic (exact) mass is 265 g/mol. The molecule has 98 valence electrons. The Kier molecular flexibility index (Phi) is 2.81. The van der Waals surface area contributed by atoms with Gasteiger partial charge in [-0.1, -0.05) is 0 Å². The zero-order valence-electron chi connectivity index (χ0n) is 11.1. The Bertz CT molecular complexity index is 495. The van der Waals surface area contributed by atoms with Gasteiger partial charge in [0, 0.05) is 23.5 Å². The van der Waals surface area contributed by atoms with Gasteiger partial charge in [0.15, 0.2) is 5.78 Å². The summed E-state index contributed by atoms with van der Waals surface area (Å²) in [4.78, 5) is 11.8. The lowest BCUT2D eigenvalue weighted by Crippen LogP contribution is -2.16. The summed E-state index contributed by atoms with van der Waals surface area (Å²) in [6, 6.07) is 2.00. The number of aromatic nitrogens is 1. The summed E-state index contributed by atoms with van der Waals surface area (Å²) in [6.07, 6.45) is 5.56. The molecule has 0 aromatic carbocycles. The minimum absolute atomic E-state index is 0.0484. The maximum atomic E-state index is 11.8. The molecule has 3 heteroatoms. The van der Waals surface area contributed by atoms with Crippen molar-refractivity contribution in [3.05, 3.63) is 23.0 Å². The van der Waals surface area contributed by atoms with E-state index in [9.17, 15) is 4.79 Å². The second-order valence-electron chi connectivity index (χ2n) is 6.06. The fraction of sp³-hybridized carbons (Fsp3) is 0.667. The lowest BCUT2D eigenvalue weighted by molar-refractivity contribution is 0.102. The summed E-state index contributed by atoms with van der Waals surface area (Å²) in [5.41, 5.74) is 3.68. The second-order valence-corrected chi connectivity index (χ2v) is 6.33. The summed E-state index contributed by atoms with van der Waals surface area (Å²) >= 11 is 5.67. The molecule has 2 saturated carbocycles. The van der Waals surface area contributed by atoms with Crippen LogP contribution in [-0.2, 0) is 6.54 Å². The number of aryl methyl sites for hydroxylation is 1. The minimum atomic E-state index is 0.0484. The molecule has 2 aliphatic rings. The number of halogens is 1. The first-order valence-electron chi connectivity index (χ1n) is 6.83. The lowest BCUT2D eigenvalue weighted by atomic mass is 10.0. The van der Waals surface area contributed by atoms with Gasteiger partial charge < -0.3 is 4.57 Å². The number of hydrogen-bond donors (Lipinski definition) is 0. The van der Waals surface area contributed by atoms with E-state index in [1.165, 1.54) is 31.4 Å². The third kappa shape index (κ3) is 1.91. The van der Waals surface area contributed by atoms with Crippen molar-refractivity contribution < 1.29 is 4.79 Å². The fourth-order valence-corrected chi connectivity index (χ4v) is 3.41. The SMILES string of the molecule is Cc1cc(C(=O)CCl)c(C)n1CC1(C2CC2)CC1. The topological polar surface area (TPSA) is 22.0 Å². The van der Waals surface area contributed by atoms with E-state index in [2.05, 4.69) is 18.4 Å². The Morgan fingerprint density at radius 1 is 1.44 bits per heavy atom. The number of rotatable bonds is 5. The van der Waals surface area contributed by atoms with Gasteiger partial charge in [0.1, 0.15) is 0 Å². The first-order chi connectivity index (χ1) is 8.57. The number of carbonyl (C=O) groups is 1. The van der Waals surface area contributed by atoms with Crippen LogP contribution in [0.4, 0.5) is 0 Å². The van der Waals surface area contributed by atoms with Crippen LogP contribution < -0.4 is 0 Å². The lowest BCUT2D eigenvalue weighted by Gasteiger charge is -2.18. The molecule has 1 aromatic rings. The summed E-state index contributed by atoms with van der Waals surface area (Å²) in [7, 11) is 0. The quantitative estimate of drug-likeness (QED) is 0.588. The van der Waals surface area contributed by atoms with Gasteiger partial charge in [0.05, 0.1) is 5.88 Å². The molecule has 1 aromatic heterocycles. The number of alkyl halides is 1. The minimum Gasteiger partial charge on any atom is -0.348 e. The molecule has 0 amide bonds. The zero-order chi connectivity index (χ0) is 12.9. The maximum Gasteiger partial charge on any atom is 0.179 e. The Labute approximate surface area is 113 Å². The van der Waals surface area contributed by atoms with Crippen LogP contribution in [0.5, 0.6) is 0 Å². The zero-order valence-corrected chi connectivity index (χ0v) is 11.9. The number of Topliss-reactive ketones (excluding diaryl/α,β-unsaturated/α-hetero) is 1. The van der Waals surface area contributed by atoms with Crippen molar-refractivity contribution in [2.75, 3.05) is 5.88 Å². The molecule has 1 heterocycles. The standard InChI is InChI=1S/C15H20ClNO/c1-10-7-13(14(18)8-16)11(2)17(10)9-15(5-6-15)12-3-4-12/h7,12H,3-6,8-9H2,1-2H3.